The number of carboxylic acid groups (broad SMARTS) is 1. The third-order valence-corrected chi connectivity index (χ3v) is 6.59. The number of carbonyl (C=O) groups excluding carboxylic acids is 1. The van der Waals surface area contributed by atoms with Crippen molar-refractivity contribution in [2.45, 2.75) is 63.1 Å². The highest BCUT2D eigenvalue weighted by atomic mass is 16.6. The number of aryl methyl sites for hydroxylation is 1. The first-order valence-electron chi connectivity index (χ1n) is 11.1. The van der Waals surface area contributed by atoms with E-state index in [4.69, 9.17) is 9.84 Å². The summed E-state index contributed by atoms with van der Waals surface area (Å²) in [6.07, 6.45) is 5.00. The van der Waals surface area contributed by atoms with E-state index < -0.39 is 12.1 Å². The predicted octanol–water partition coefficient (Wildman–Crippen LogP) is 4.93. The lowest BCUT2D eigenvalue weighted by molar-refractivity contribution is -0.137. The summed E-state index contributed by atoms with van der Waals surface area (Å²) in [6.45, 7) is 0. The topological polar surface area (TPSA) is 78.9 Å². The lowest BCUT2D eigenvalue weighted by Crippen LogP contribution is -2.43. The second-order valence-corrected chi connectivity index (χ2v) is 8.67. The number of aliphatic carboxylic acids is 1. The number of amides is 1. The van der Waals surface area contributed by atoms with E-state index >= 15 is 0 Å². The van der Waals surface area contributed by atoms with Gasteiger partial charge < -0.3 is 14.7 Å². The Morgan fingerprint density at radius 3 is 2.48 bits per heavy atom. The Hall–Kier alpha value is -2.86. The molecule has 0 aromatic heterocycles. The van der Waals surface area contributed by atoms with Gasteiger partial charge in [0.1, 0.15) is 6.10 Å². The SMILES string of the molecule is CN1[C@@H]2CC[C@H]1C[C@H](OC(=O)Nc1cc(CCCC(=O)O)ccc1-c1ccccc1)C2. The number of carbonyl (C=O) groups is 2. The second-order valence-electron chi connectivity index (χ2n) is 8.67. The lowest BCUT2D eigenvalue weighted by Gasteiger charge is -2.35. The maximum atomic E-state index is 12.8. The molecule has 0 saturated carbocycles. The standard InChI is InChI=1S/C25H30N2O4/c1-27-19-11-12-20(27)16-21(15-19)31-25(30)26-23-14-17(6-5-9-24(28)29)10-13-22(23)18-7-3-2-4-8-18/h2-4,7-8,10,13-14,19-21H,5-6,9,11-12,15-16H2,1H3,(H,26,30)(H,28,29)/t19-,20+,21-. The summed E-state index contributed by atoms with van der Waals surface area (Å²) in [7, 11) is 2.17. The van der Waals surface area contributed by atoms with Crippen LogP contribution in [0.1, 0.15) is 44.1 Å². The number of ether oxygens (including phenoxy) is 1. The number of hydrogen-bond acceptors (Lipinski definition) is 4. The van der Waals surface area contributed by atoms with Gasteiger partial charge in [0.05, 0.1) is 5.69 Å². The van der Waals surface area contributed by atoms with E-state index in [0.717, 1.165) is 29.5 Å². The van der Waals surface area contributed by atoms with E-state index in [9.17, 15) is 9.59 Å². The van der Waals surface area contributed by atoms with Crippen molar-refractivity contribution in [3.63, 3.8) is 0 Å². The number of nitrogens with zero attached hydrogens (tertiary/aromatic N) is 1. The Morgan fingerprint density at radius 2 is 1.81 bits per heavy atom. The maximum Gasteiger partial charge on any atom is 0.411 e. The van der Waals surface area contributed by atoms with Gasteiger partial charge in [-0.3, -0.25) is 10.1 Å². The summed E-state index contributed by atoms with van der Waals surface area (Å²) in [5, 5.41) is 11.9. The summed E-state index contributed by atoms with van der Waals surface area (Å²) in [5.74, 6) is -0.796. The molecule has 0 spiro atoms. The van der Waals surface area contributed by atoms with Gasteiger partial charge in [-0.2, -0.15) is 0 Å². The molecule has 0 unspecified atom stereocenters. The predicted molar refractivity (Wildman–Crippen MR) is 120 cm³/mol. The number of carboxylic acids is 1. The Bertz CT molecular complexity index is 916. The van der Waals surface area contributed by atoms with Crippen molar-refractivity contribution in [2.75, 3.05) is 12.4 Å². The molecule has 0 aliphatic carbocycles. The van der Waals surface area contributed by atoms with E-state index in [1.54, 1.807) is 0 Å². The van der Waals surface area contributed by atoms with Gasteiger partial charge in [0.15, 0.2) is 0 Å². The van der Waals surface area contributed by atoms with Crippen molar-refractivity contribution in [1.29, 1.82) is 0 Å². The molecule has 2 aromatic rings. The molecule has 2 aromatic carbocycles. The van der Waals surface area contributed by atoms with Gasteiger partial charge in [0, 0.05) is 36.9 Å². The van der Waals surface area contributed by atoms with Crippen LogP contribution in [0.4, 0.5) is 10.5 Å². The van der Waals surface area contributed by atoms with Crippen molar-refractivity contribution in [3.8, 4) is 11.1 Å². The van der Waals surface area contributed by atoms with Crippen LogP contribution in [-0.2, 0) is 16.0 Å². The molecule has 2 heterocycles. The van der Waals surface area contributed by atoms with E-state index in [2.05, 4.69) is 17.3 Å². The fourth-order valence-corrected chi connectivity index (χ4v) is 4.91. The zero-order chi connectivity index (χ0) is 21.8. The quantitative estimate of drug-likeness (QED) is 0.661. The molecule has 6 heteroatoms. The zero-order valence-corrected chi connectivity index (χ0v) is 17.9. The van der Waals surface area contributed by atoms with Gasteiger partial charge in [0.2, 0.25) is 0 Å². The molecule has 2 saturated heterocycles. The highest BCUT2D eigenvalue weighted by Gasteiger charge is 2.39. The average Bonchev–Trinajstić information content (AvgIpc) is 2.95. The van der Waals surface area contributed by atoms with Crippen molar-refractivity contribution >= 4 is 17.7 Å². The Kier molecular flexibility index (Phi) is 6.56. The molecule has 6 nitrogen and oxygen atoms in total. The minimum absolute atomic E-state index is 0.0485. The molecular weight excluding hydrogens is 392 g/mol. The maximum absolute atomic E-state index is 12.8. The molecule has 164 valence electrons. The first-order valence-corrected chi connectivity index (χ1v) is 11.1. The molecule has 4 rings (SSSR count). The molecule has 2 aliphatic heterocycles. The van der Waals surface area contributed by atoms with Gasteiger partial charge in [0.25, 0.3) is 0 Å². The summed E-state index contributed by atoms with van der Waals surface area (Å²) in [5.41, 5.74) is 3.61. The molecule has 2 aliphatic rings. The minimum atomic E-state index is -0.796. The summed E-state index contributed by atoms with van der Waals surface area (Å²) in [6, 6.07) is 16.8. The van der Waals surface area contributed by atoms with Crippen LogP contribution in [0.2, 0.25) is 0 Å². The number of fused-ring (bicyclic) bond motifs is 2. The van der Waals surface area contributed by atoms with Crippen LogP contribution in [0.15, 0.2) is 48.5 Å². The Labute approximate surface area is 183 Å². The van der Waals surface area contributed by atoms with Crippen LogP contribution in [0, 0.1) is 0 Å². The number of piperidine rings is 1. The van der Waals surface area contributed by atoms with Crippen LogP contribution in [-0.4, -0.2) is 47.3 Å². The van der Waals surface area contributed by atoms with Crippen molar-refractivity contribution in [1.82, 2.24) is 4.90 Å². The molecule has 2 bridgehead atoms. The van der Waals surface area contributed by atoms with Crippen molar-refractivity contribution in [2.24, 2.45) is 0 Å². The van der Waals surface area contributed by atoms with E-state index in [0.29, 0.717) is 30.6 Å². The van der Waals surface area contributed by atoms with E-state index in [1.165, 1.54) is 12.8 Å². The molecule has 2 N–H and O–H groups in total. The number of rotatable bonds is 7. The van der Waals surface area contributed by atoms with Crippen LogP contribution >= 0.6 is 0 Å². The second kappa shape index (κ2) is 9.52. The lowest BCUT2D eigenvalue weighted by atomic mass is 9.99. The highest BCUT2D eigenvalue weighted by molar-refractivity contribution is 5.91. The average molecular weight is 423 g/mol. The number of nitrogens with one attached hydrogen (secondary N) is 1. The molecule has 1 amide bonds. The number of hydrogen-bond donors (Lipinski definition) is 2. The Morgan fingerprint density at radius 1 is 1.10 bits per heavy atom. The van der Waals surface area contributed by atoms with Crippen LogP contribution in [0.3, 0.4) is 0 Å². The molecule has 0 radical (unpaired) electrons. The third-order valence-electron chi connectivity index (χ3n) is 6.59. The zero-order valence-electron chi connectivity index (χ0n) is 17.9. The van der Waals surface area contributed by atoms with Gasteiger partial charge >= 0.3 is 12.1 Å². The largest absolute Gasteiger partial charge is 0.481 e. The van der Waals surface area contributed by atoms with Crippen molar-refractivity contribution in [3.05, 3.63) is 54.1 Å². The number of benzene rings is 2. The molecular formula is C25H30N2O4. The van der Waals surface area contributed by atoms with Gasteiger partial charge in [-0.1, -0.05) is 42.5 Å². The molecule has 3 atom stereocenters. The third kappa shape index (κ3) is 5.25. The van der Waals surface area contributed by atoms with Gasteiger partial charge in [-0.05, 0) is 49.9 Å². The minimum Gasteiger partial charge on any atom is -0.481 e. The van der Waals surface area contributed by atoms with Crippen molar-refractivity contribution < 1.29 is 19.4 Å². The van der Waals surface area contributed by atoms with Gasteiger partial charge in [-0.15, -0.1) is 0 Å². The monoisotopic (exact) mass is 422 g/mol. The van der Waals surface area contributed by atoms with E-state index in [1.807, 2.05) is 48.5 Å². The van der Waals surface area contributed by atoms with Crippen LogP contribution < -0.4 is 5.32 Å². The fourth-order valence-electron chi connectivity index (χ4n) is 4.91. The normalized spacial score (nSPS) is 22.8. The molecule has 31 heavy (non-hydrogen) atoms. The first kappa shape index (κ1) is 21.4. The summed E-state index contributed by atoms with van der Waals surface area (Å²) >= 11 is 0. The summed E-state index contributed by atoms with van der Waals surface area (Å²) < 4.78 is 5.81. The van der Waals surface area contributed by atoms with Gasteiger partial charge in [-0.25, -0.2) is 4.79 Å². The van der Waals surface area contributed by atoms with Crippen LogP contribution in [0.25, 0.3) is 11.1 Å². The smallest absolute Gasteiger partial charge is 0.411 e. The fraction of sp³-hybridized carbons (Fsp3) is 0.440. The Balaban J connectivity index is 1.47. The van der Waals surface area contributed by atoms with E-state index in [-0.39, 0.29) is 12.5 Å². The number of anilines is 1. The summed E-state index contributed by atoms with van der Waals surface area (Å²) in [4.78, 5) is 26.0. The van der Waals surface area contributed by atoms with Crippen LogP contribution in [0.5, 0.6) is 0 Å². The first-order chi connectivity index (χ1) is 15.0. The molecule has 2 fully saturated rings. The highest BCUT2D eigenvalue weighted by Crippen LogP contribution is 2.36.